The van der Waals surface area contributed by atoms with E-state index in [1.165, 1.54) is 25.7 Å². The summed E-state index contributed by atoms with van der Waals surface area (Å²) in [6.07, 6.45) is 6.62. The van der Waals surface area contributed by atoms with E-state index in [1.807, 2.05) is 6.07 Å². The second-order valence-corrected chi connectivity index (χ2v) is 6.80. The zero-order valence-electron chi connectivity index (χ0n) is 13.3. The van der Waals surface area contributed by atoms with Gasteiger partial charge in [0, 0.05) is 12.3 Å². The van der Waals surface area contributed by atoms with Gasteiger partial charge in [-0.3, -0.25) is 9.69 Å². The molecule has 24 heavy (non-hydrogen) atoms. The number of hydrogen-bond acceptors (Lipinski definition) is 3. The molecule has 128 valence electrons. The first-order chi connectivity index (χ1) is 11.6. The van der Waals surface area contributed by atoms with Crippen LogP contribution in [-0.2, 0) is 4.79 Å². The van der Waals surface area contributed by atoms with Crippen LogP contribution in [0, 0.1) is 0 Å². The highest BCUT2D eigenvalue weighted by molar-refractivity contribution is 6.42. The van der Waals surface area contributed by atoms with Crippen molar-refractivity contribution in [3.05, 3.63) is 40.5 Å². The number of nitrogens with one attached hydrogen (secondary N) is 1. The smallest absolute Gasteiger partial charge is 0.239 e. The number of benzene rings is 1. The Kier molecular flexibility index (Phi) is 5.76. The summed E-state index contributed by atoms with van der Waals surface area (Å²) in [5.74, 6) is 0.497. The van der Waals surface area contributed by atoms with E-state index in [0.29, 0.717) is 22.4 Å². The van der Waals surface area contributed by atoms with Crippen LogP contribution < -0.4 is 5.32 Å². The van der Waals surface area contributed by atoms with Crippen molar-refractivity contribution in [2.24, 2.45) is 0 Å². The molecule has 1 fully saturated rings. The van der Waals surface area contributed by atoms with Gasteiger partial charge in [0.25, 0.3) is 0 Å². The van der Waals surface area contributed by atoms with Crippen LogP contribution in [0.5, 0.6) is 0 Å². The molecule has 0 aliphatic carbocycles. The van der Waals surface area contributed by atoms with Crippen molar-refractivity contribution in [3.8, 4) is 5.69 Å². The first-order valence-electron chi connectivity index (χ1n) is 8.15. The molecule has 0 saturated carbocycles. The molecule has 1 saturated heterocycles. The lowest BCUT2D eigenvalue weighted by atomic mass is 10.2. The summed E-state index contributed by atoms with van der Waals surface area (Å²) < 4.78 is 1.66. The Hall–Kier alpha value is -1.56. The highest BCUT2D eigenvalue weighted by atomic mass is 35.5. The summed E-state index contributed by atoms with van der Waals surface area (Å²) in [6, 6.07) is 7.05. The van der Waals surface area contributed by atoms with Crippen LogP contribution in [0.1, 0.15) is 25.7 Å². The molecule has 0 bridgehead atoms. The van der Waals surface area contributed by atoms with E-state index < -0.39 is 0 Å². The van der Waals surface area contributed by atoms with E-state index >= 15 is 0 Å². The highest BCUT2D eigenvalue weighted by Gasteiger charge is 2.14. The molecule has 1 aliphatic heterocycles. The van der Waals surface area contributed by atoms with E-state index in [-0.39, 0.29) is 5.91 Å². The van der Waals surface area contributed by atoms with Crippen molar-refractivity contribution in [2.45, 2.75) is 25.7 Å². The van der Waals surface area contributed by atoms with Crippen molar-refractivity contribution < 1.29 is 4.79 Å². The summed E-state index contributed by atoms with van der Waals surface area (Å²) in [4.78, 5) is 14.4. The van der Waals surface area contributed by atoms with Crippen LogP contribution in [0.25, 0.3) is 5.69 Å². The Labute approximate surface area is 151 Å². The molecule has 0 spiro atoms. The van der Waals surface area contributed by atoms with Gasteiger partial charge in [-0.15, -0.1) is 0 Å². The SMILES string of the molecule is O=C(CN1CCCCCC1)Nc1ccn(-c2ccc(Cl)c(Cl)c2)n1. The summed E-state index contributed by atoms with van der Waals surface area (Å²) in [6.45, 7) is 2.40. The average Bonchev–Trinajstić information content (AvgIpc) is 2.86. The van der Waals surface area contributed by atoms with Crippen LogP contribution in [0.3, 0.4) is 0 Å². The standard InChI is InChI=1S/C17H20Cl2N4O/c18-14-6-5-13(11-15(14)19)23-10-7-16(21-23)20-17(24)12-22-8-3-1-2-4-9-22/h5-7,10-11H,1-4,8-9,12H2,(H,20,21,24). The van der Waals surface area contributed by atoms with Crippen molar-refractivity contribution in [1.29, 1.82) is 0 Å². The van der Waals surface area contributed by atoms with Crippen LogP contribution in [0.4, 0.5) is 5.82 Å². The fourth-order valence-corrected chi connectivity index (χ4v) is 3.13. The predicted octanol–water partition coefficient (Wildman–Crippen LogP) is 3.99. The first-order valence-corrected chi connectivity index (χ1v) is 8.91. The van der Waals surface area contributed by atoms with Crippen LogP contribution in [-0.4, -0.2) is 40.2 Å². The maximum Gasteiger partial charge on any atom is 0.239 e. The molecular weight excluding hydrogens is 347 g/mol. The Bertz CT molecular complexity index is 708. The quantitative estimate of drug-likeness (QED) is 0.889. The van der Waals surface area contributed by atoms with Gasteiger partial charge in [-0.2, -0.15) is 5.10 Å². The Morgan fingerprint density at radius 3 is 2.54 bits per heavy atom. The molecule has 0 atom stereocenters. The lowest BCUT2D eigenvalue weighted by Gasteiger charge is -2.18. The minimum atomic E-state index is -0.0312. The Balaban J connectivity index is 1.60. The molecule has 2 aromatic rings. The molecule has 2 heterocycles. The topological polar surface area (TPSA) is 50.2 Å². The zero-order valence-corrected chi connectivity index (χ0v) is 14.9. The molecule has 5 nitrogen and oxygen atoms in total. The Morgan fingerprint density at radius 1 is 1.08 bits per heavy atom. The van der Waals surface area contributed by atoms with E-state index in [1.54, 1.807) is 29.1 Å². The maximum atomic E-state index is 12.2. The third-order valence-corrected chi connectivity index (χ3v) is 4.83. The first kappa shape index (κ1) is 17.3. The largest absolute Gasteiger partial charge is 0.308 e. The minimum Gasteiger partial charge on any atom is -0.308 e. The molecule has 3 rings (SSSR count). The number of hydrogen-bond donors (Lipinski definition) is 1. The molecule has 7 heteroatoms. The number of likely N-dealkylation sites (tertiary alicyclic amines) is 1. The molecular formula is C17H20Cl2N4O. The summed E-state index contributed by atoms with van der Waals surface area (Å²) >= 11 is 12.0. The summed E-state index contributed by atoms with van der Waals surface area (Å²) in [7, 11) is 0. The van der Waals surface area contributed by atoms with Gasteiger partial charge in [0.2, 0.25) is 5.91 Å². The van der Waals surface area contributed by atoms with Gasteiger partial charge < -0.3 is 5.32 Å². The second-order valence-electron chi connectivity index (χ2n) is 5.98. The van der Waals surface area contributed by atoms with Gasteiger partial charge in [0.1, 0.15) is 0 Å². The predicted molar refractivity (Wildman–Crippen MR) is 97.1 cm³/mol. The van der Waals surface area contributed by atoms with E-state index in [2.05, 4.69) is 15.3 Å². The number of nitrogens with zero attached hydrogens (tertiary/aromatic N) is 3. The minimum absolute atomic E-state index is 0.0312. The lowest BCUT2D eigenvalue weighted by Crippen LogP contribution is -2.34. The normalized spacial score (nSPS) is 15.9. The molecule has 1 aromatic carbocycles. The molecule has 1 amide bonds. The van der Waals surface area contributed by atoms with Crippen LogP contribution >= 0.6 is 23.2 Å². The molecule has 0 radical (unpaired) electrons. The fourth-order valence-electron chi connectivity index (χ4n) is 2.84. The number of anilines is 1. The third kappa shape index (κ3) is 4.50. The monoisotopic (exact) mass is 366 g/mol. The zero-order chi connectivity index (χ0) is 16.9. The Morgan fingerprint density at radius 2 is 1.83 bits per heavy atom. The van der Waals surface area contributed by atoms with Gasteiger partial charge in [0.15, 0.2) is 5.82 Å². The van der Waals surface area contributed by atoms with Crippen LogP contribution in [0.15, 0.2) is 30.5 Å². The van der Waals surface area contributed by atoms with Crippen molar-refractivity contribution in [3.63, 3.8) is 0 Å². The maximum absolute atomic E-state index is 12.2. The van der Waals surface area contributed by atoms with Gasteiger partial charge in [-0.1, -0.05) is 36.0 Å². The molecule has 1 aromatic heterocycles. The number of halogens is 2. The molecule has 1 N–H and O–H groups in total. The average molecular weight is 367 g/mol. The van der Waals surface area contributed by atoms with Crippen molar-refractivity contribution in [2.75, 3.05) is 25.0 Å². The second kappa shape index (κ2) is 8.01. The van der Waals surface area contributed by atoms with Gasteiger partial charge in [-0.05, 0) is 44.1 Å². The number of amides is 1. The van der Waals surface area contributed by atoms with Crippen molar-refractivity contribution >= 4 is 34.9 Å². The van der Waals surface area contributed by atoms with E-state index in [0.717, 1.165) is 18.8 Å². The molecule has 1 aliphatic rings. The van der Waals surface area contributed by atoms with Gasteiger partial charge in [-0.25, -0.2) is 4.68 Å². The summed E-state index contributed by atoms with van der Waals surface area (Å²) in [5.41, 5.74) is 0.789. The number of aromatic nitrogens is 2. The highest BCUT2D eigenvalue weighted by Crippen LogP contribution is 2.24. The lowest BCUT2D eigenvalue weighted by molar-refractivity contribution is -0.117. The van der Waals surface area contributed by atoms with Gasteiger partial charge in [0.05, 0.1) is 22.3 Å². The number of carbonyl (C=O) groups excluding carboxylic acids is 1. The van der Waals surface area contributed by atoms with Gasteiger partial charge >= 0.3 is 0 Å². The van der Waals surface area contributed by atoms with Crippen LogP contribution in [0.2, 0.25) is 10.0 Å². The fraction of sp³-hybridized carbons (Fsp3) is 0.412. The number of rotatable bonds is 4. The van der Waals surface area contributed by atoms with Crippen molar-refractivity contribution in [1.82, 2.24) is 14.7 Å². The summed E-state index contributed by atoms with van der Waals surface area (Å²) in [5, 5.41) is 8.19. The number of carbonyl (C=O) groups is 1. The van der Waals surface area contributed by atoms with E-state index in [4.69, 9.17) is 23.2 Å². The third-order valence-electron chi connectivity index (χ3n) is 4.09. The van der Waals surface area contributed by atoms with E-state index in [9.17, 15) is 4.79 Å². The molecule has 0 unspecified atom stereocenters.